The minimum absolute atomic E-state index is 0.363. The zero-order valence-corrected chi connectivity index (χ0v) is 7.22. The maximum Gasteiger partial charge on any atom is 0.138 e. The number of rotatable bonds is 0. The Hall–Kier alpha value is 0.400. The Balaban J connectivity index is 0.0000000922. The van der Waals surface area contributed by atoms with Crippen molar-refractivity contribution in [2.45, 2.75) is 31.1 Å². The van der Waals surface area contributed by atoms with Gasteiger partial charge in [-0.15, -0.1) is 0 Å². The van der Waals surface area contributed by atoms with Crippen LogP contribution in [-0.4, -0.2) is 23.8 Å². The van der Waals surface area contributed by atoms with E-state index in [1.54, 1.807) is 0 Å². The van der Waals surface area contributed by atoms with Gasteiger partial charge in [0.05, 0.1) is 18.8 Å². The van der Waals surface area contributed by atoms with E-state index in [1.807, 2.05) is 6.92 Å². The summed E-state index contributed by atoms with van der Waals surface area (Å²) < 4.78 is 9.54. The lowest BCUT2D eigenvalue weighted by Crippen LogP contribution is -1.68. The molecule has 0 aromatic heterocycles. The third-order valence-electron chi connectivity index (χ3n) is 1.14. The zero-order chi connectivity index (χ0) is 6.85. The number of epoxide rings is 2. The Kier molecular flexibility index (Phi) is 2.50. The van der Waals surface area contributed by atoms with Crippen LogP contribution in [0.4, 0.5) is 0 Å². The third-order valence-corrected chi connectivity index (χ3v) is 2.10. The second-order valence-corrected chi connectivity index (χ2v) is 3.24. The van der Waals surface area contributed by atoms with Crippen molar-refractivity contribution in [2.24, 2.45) is 0 Å². The van der Waals surface area contributed by atoms with Gasteiger partial charge in [0.2, 0.25) is 0 Å². The first-order valence-electron chi connectivity index (χ1n) is 3.11. The molecule has 54 valence electrons. The van der Waals surface area contributed by atoms with E-state index < -0.39 is 0 Å². The SMILES string of the molecule is CC1CO1.CC1OC1Br. The average Bonchev–Trinajstić information content (AvgIpc) is 2.59. The fraction of sp³-hybridized carbons (Fsp3) is 1.00. The molecule has 0 bridgehead atoms. The van der Waals surface area contributed by atoms with Gasteiger partial charge in [0, 0.05) is 0 Å². The highest BCUT2D eigenvalue weighted by atomic mass is 79.9. The van der Waals surface area contributed by atoms with Crippen LogP contribution in [0.15, 0.2) is 0 Å². The van der Waals surface area contributed by atoms with Gasteiger partial charge in [-0.25, -0.2) is 0 Å². The quantitative estimate of drug-likeness (QED) is 0.432. The van der Waals surface area contributed by atoms with Gasteiger partial charge in [0.25, 0.3) is 0 Å². The number of alkyl halides is 1. The van der Waals surface area contributed by atoms with Crippen molar-refractivity contribution in [3.8, 4) is 0 Å². The van der Waals surface area contributed by atoms with Crippen LogP contribution in [0.25, 0.3) is 0 Å². The van der Waals surface area contributed by atoms with Crippen LogP contribution < -0.4 is 0 Å². The van der Waals surface area contributed by atoms with Crippen LogP contribution in [0, 0.1) is 0 Å². The normalized spacial score (nSPS) is 45.0. The molecule has 0 spiro atoms. The molecule has 2 saturated heterocycles. The first kappa shape index (κ1) is 7.51. The number of halogens is 1. The molecule has 2 nitrogen and oxygen atoms in total. The standard InChI is InChI=1S/C3H5BrO.C3H6O/c1-2-3(4)5-2;1-3-2-4-3/h2-3H,1H3;3H,2H2,1H3. The van der Waals surface area contributed by atoms with Crippen LogP contribution in [0.3, 0.4) is 0 Å². The minimum Gasteiger partial charge on any atom is -0.373 e. The summed E-state index contributed by atoms with van der Waals surface area (Å²) in [6, 6.07) is 0. The predicted octanol–water partition coefficient (Wildman–Crippen LogP) is 1.53. The van der Waals surface area contributed by atoms with Gasteiger partial charge in [-0.05, 0) is 13.8 Å². The van der Waals surface area contributed by atoms with E-state index in [0.717, 1.165) is 6.61 Å². The van der Waals surface area contributed by atoms with Gasteiger partial charge in [-0.1, -0.05) is 15.9 Å². The van der Waals surface area contributed by atoms with E-state index in [0.29, 0.717) is 17.2 Å². The summed E-state index contributed by atoms with van der Waals surface area (Å²) in [5.41, 5.74) is 0. The van der Waals surface area contributed by atoms with Gasteiger partial charge in [-0.2, -0.15) is 0 Å². The molecule has 0 aromatic carbocycles. The van der Waals surface area contributed by atoms with Crippen molar-refractivity contribution in [1.82, 2.24) is 0 Å². The first-order valence-corrected chi connectivity index (χ1v) is 4.03. The summed E-state index contributed by atoms with van der Waals surface area (Å²) in [5, 5.41) is 0.363. The molecule has 2 aliphatic heterocycles. The molecule has 0 saturated carbocycles. The summed E-state index contributed by atoms with van der Waals surface area (Å²) in [7, 11) is 0. The fourth-order valence-electron chi connectivity index (χ4n) is 0.256. The van der Waals surface area contributed by atoms with Gasteiger partial charge in [0.1, 0.15) is 5.01 Å². The Labute approximate surface area is 63.7 Å². The third kappa shape index (κ3) is 3.89. The highest BCUT2D eigenvalue weighted by Gasteiger charge is 2.30. The minimum atomic E-state index is 0.363. The lowest BCUT2D eigenvalue weighted by Gasteiger charge is -1.55. The van der Waals surface area contributed by atoms with Gasteiger partial charge < -0.3 is 9.47 Å². The molecule has 3 unspecified atom stereocenters. The van der Waals surface area contributed by atoms with Crippen LogP contribution in [0.2, 0.25) is 0 Å². The lowest BCUT2D eigenvalue weighted by atomic mass is 10.6. The highest BCUT2D eigenvalue weighted by Crippen LogP contribution is 2.25. The van der Waals surface area contributed by atoms with Crippen molar-refractivity contribution >= 4 is 15.9 Å². The van der Waals surface area contributed by atoms with Crippen LogP contribution >= 0.6 is 15.9 Å². The Morgan fingerprint density at radius 2 is 1.67 bits per heavy atom. The van der Waals surface area contributed by atoms with Crippen LogP contribution in [-0.2, 0) is 9.47 Å². The van der Waals surface area contributed by atoms with E-state index in [9.17, 15) is 0 Å². The molecule has 2 heterocycles. The molecular weight excluding hydrogens is 184 g/mol. The number of ether oxygens (including phenoxy) is 2. The summed E-state index contributed by atoms with van der Waals surface area (Å²) in [5.74, 6) is 0. The van der Waals surface area contributed by atoms with Gasteiger partial charge >= 0.3 is 0 Å². The van der Waals surface area contributed by atoms with E-state index in [1.165, 1.54) is 0 Å². The first-order chi connectivity index (χ1) is 4.20. The van der Waals surface area contributed by atoms with Crippen molar-refractivity contribution in [3.05, 3.63) is 0 Å². The molecule has 0 aromatic rings. The second-order valence-electron chi connectivity index (χ2n) is 2.34. The van der Waals surface area contributed by atoms with Gasteiger partial charge in [0.15, 0.2) is 0 Å². The van der Waals surface area contributed by atoms with E-state index in [-0.39, 0.29) is 0 Å². The molecule has 2 fully saturated rings. The highest BCUT2D eigenvalue weighted by molar-refractivity contribution is 9.09. The smallest absolute Gasteiger partial charge is 0.138 e. The molecular formula is C6H11BrO2. The van der Waals surface area contributed by atoms with Crippen LogP contribution in [0.1, 0.15) is 13.8 Å². The Bertz CT molecular complexity index is 87.1. The zero-order valence-electron chi connectivity index (χ0n) is 5.63. The molecule has 2 aliphatic rings. The van der Waals surface area contributed by atoms with E-state index in [2.05, 4.69) is 22.9 Å². The topological polar surface area (TPSA) is 25.1 Å². The average molecular weight is 195 g/mol. The Morgan fingerprint density at radius 3 is 1.67 bits per heavy atom. The molecule has 0 aliphatic carbocycles. The molecule has 3 heteroatoms. The number of hydrogen-bond donors (Lipinski definition) is 0. The molecule has 2 rings (SSSR count). The summed E-state index contributed by atoms with van der Waals surface area (Å²) >= 11 is 3.23. The van der Waals surface area contributed by atoms with Crippen molar-refractivity contribution in [3.63, 3.8) is 0 Å². The second kappa shape index (κ2) is 2.99. The summed E-state index contributed by atoms with van der Waals surface area (Å²) in [4.78, 5) is 0. The molecule has 0 N–H and O–H groups in total. The summed E-state index contributed by atoms with van der Waals surface area (Å²) in [6.45, 7) is 5.07. The van der Waals surface area contributed by atoms with E-state index >= 15 is 0 Å². The Morgan fingerprint density at radius 1 is 1.44 bits per heavy atom. The van der Waals surface area contributed by atoms with Crippen LogP contribution in [0.5, 0.6) is 0 Å². The molecule has 0 amide bonds. The molecule has 3 atom stereocenters. The van der Waals surface area contributed by atoms with Crippen molar-refractivity contribution < 1.29 is 9.47 Å². The molecule has 0 radical (unpaired) electrons. The van der Waals surface area contributed by atoms with Crippen molar-refractivity contribution in [2.75, 3.05) is 6.61 Å². The molecule has 9 heavy (non-hydrogen) atoms. The largest absolute Gasteiger partial charge is 0.373 e. The monoisotopic (exact) mass is 194 g/mol. The maximum atomic E-state index is 4.83. The summed E-state index contributed by atoms with van der Waals surface area (Å²) in [6.07, 6.45) is 1.05. The number of hydrogen-bond acceptors (Lipinski definition) is 2. The maximum absolute atomic E-state index is 4.83. The lowest BCUT2D eigenvalue weighted by molar-refractivity contribution is 0.415. The fourth-order valence-corrected chi connectivity index (χ4v) is 0.596. The van der Waals surface area contributed by atoms with Gasteiger partial charge in [-0.3, -0.25) is 0 Å². The predicted molar refractivity (Wildman–Crippen MR) is 38.7 cm³/mol. The van der Waals surface area contributed by atoms with E-state index in [4.69, 9.17) is 9.47 Å². The van der Waals surface area contributed by atoms with Crippen molar-refractivity contribution in [1.29, 1.82) is 0 Å².